The van der Waals surface area contributed by atoms with Crippen LogP contribution in [0.5, 0.6) is 0 Å². The summed E-state index contributed by atoms with van der Waals surface area (Å²) in [6, 6.07) is 12.9. The van der Waals surface area contributed by atoms with Crippen LogP contribution in [0.2, 0.25) is 0 Å². The Labute approximate surface area is 144 Å². The van der Waals surface area contributed by atoms with Crippen molar-refractivity contribution in [3.8, 4) is 0 Å². The summed E-state index contributed by atoms with van der Waals surface area (Å²) in [6.45, 7) is 3.87. The molecule has 3 aromatic rings. The van der Waals surface area contributed by atoms with E-state index < -0.39 is 0 Å². The van der Waals surface area contributed by atoms with Crippen LogP contribution in [0.25, 0.3) is 10.9 Å². The Morgan fingerprint density at radius 1 is 1.16 bits per heavy atom. The van der Waals surface area contributed by atoms with Gasteiger partial charge >= 0.3 is 0 Å². The minimum Gasteiger partial charge on any atom is -0.348 e. The number of carbonyl (C=O) groups is 1. The summed E-state index contributed by atoms with van der Waals surface area (Å²) in [4.78, 5) is 24.4. The lowest BCUT2D eigenvalue weighted by molar-refractivity contribution is -0.122. The van der Waals surface area contributed by atoms with Crippen molar-refractivity contribution < 1.29 is 9.18 Å². The molecule has 0 aliphatic heterocycles. The lowest BCUT2D eigenvalue weighted by Crippen LogP contribution is -2.30. The van der Waals surface area contributed by atoms with Crippen molar-refractivity contribution >= 4 is 16.8 Å². The molecule has 5 heteroatoms. The standard InChI is InChI=1S/C20H19FN2O2/c1-13-3-8-18-17(11-13)19(24)9-10-23(18)12-20(25)22-14(2)15-4-6-16(21)7-5-15/h3-11,14H,12H2,1-2H3,(H,22,25)/t14-/m1/s1. The number of halogens is 1. The number of aromatic nitrogens is 1. The third-order valence-electron chi connectivity index (χ3n) is 4.19. The largest absolute Gasteiger partial charge is 0.348 e. The van der Waals surface area contributed by atoms with E-state index in [-0.39, 0.29) is 29.7 Å². The molecule has 1 N–H and O–H groups in total. The van der Waals surface area contributed by atoms with E-state index in [4.69, 9.17) is 0 Å². The summed E-state index contributed by atoms with van der Waals surface area (Å²) < 4.78 is 14.7. The first-order valence-corrected chi connectivity index (χ1v) is 8.08. The third kappa shape index (κ3) is 3.76. The lowest BCUT2D eigenvalue weighted by atomic mass is 10.1. The molecule has 0 aliphatic rings. The van der Waals surface area contributed by atoms with Gasteiger partial charge in [-0.3, -0.25) is 9.59 Å². The molecule has 128 valence electrons. The van der Waals surface area contributed by atoms with Gasteiger partial charge in [-0.1, -0.05) is 23.8 Å². The molecule has 4 nitrogen and oxygen atoms in total. The van der Waals surface area contributed by atoms with Crippen LogP contribution in [-0.2, 0) is 11.3 Å². The molecule has 25 heavy (non-hydrogen) atoms. The van der Waals surface area contributed by atoms with Gasteiger partial charge in [-0.2, -0.15) is 0 Å². The molecular formula is C20H19FN2O2. The van der Waals surface area contributed by atoms with Crippen molar-refractivity contribution in [1.82, 2.24) is 9.88 Å². The number of rotatable bonds is 4. The highest BCUT2D eigenvalue weighted by Gasteiger charge is 2.11. The molecule has 0 bridgehead atoms. The molecule has 0 fully saturated rings. The van der Waals surface area contributed by atoms with Gasteiger partial charge < -0.3 is 9.88 Å². The first kappa shape index (κ1) is 16.9. The first-order valence-electron chi connectivity index (χ1n) is 8.08. The average Bonchev–Trinajstić information content (AvgIpc) is 2.58. The normalized spacial score (nSPS) is 12.1. The van der Waals surface area contributed by atoms with Crippen molar-refractivity contribution in [1.29, 1.82) is 0 Å². The van der Waals surface area contributed by atoms with Crippen molar-refractivity contribution in [2.24, 2.45) is 0 Å². The van der Waals surface area contributed by atoms with E-state index >= 15 is 0 Å². The summed E-state index contributed by atoms with van der Waals surface area (Å²) in [6.07, 6.45) is 1.63. The Morgan fingerprint density at radius 3 is 2.60 bits per heavy atom. The van der Waals surface area contributed by atoms with Crippen LogP contribution in [0.1, 0.15) is 24.1 Å². The molecule has 1 aromatic heterocycles. The summed E-state index contributed by atoms with van der Waals surface area (Å²) in [7, 11) is 0. The zero-order valence-corrected chi connectivity index (χ0v) is 14.1. The Hall–Kier alpha value is -2.95. The molecule has 2 aromatic carbocycles. The second-order valence-electron chi connectivity index (χ2n) is 6.17. The molecule has 0 aliphatic carbocycles. The summed E-state index contributed by atoms with van der Waals surface area (Å²) in [5, 5.41) is 3.49. The van der Waals surface area contributed by atoms with Crippen molar-refractivity contribution in [2.45, 2.75) is 26.4 Å². The number of benzene rings is 2. The van der Waals surface area contributed by atoms with Crippen LogP contribution in [0.3, 0.4) is 0 Å². The van der Waals surface area contributed by atoms with Crippen LogP contribution in [0.15, 0.2) is 59.5 Å². The first-order chi connectivity index (χ1) is 11.9. The minimum atomic E-state index is -0.308. The van der Waals surface area contributed by atoms with E-state index in [0.29, 0.717) is 5.39 Å². The number of hydrogen-bond donors (Lipinski definition) is 1. The second-order valence-corrected chi connectivity index (χ2v) is 6.17. The van der Waals surface area contributed by atoms with Gasteiger partial charge in [-0.15, -0.1) is 0 Å². The van der Waals surface area contributed by atoms with Crippen LogP contribution in [0.4, 0.5) is 4.39 Å². The molecule has 1 amide bonds. The topological polar surface area (TPSA) is 51.1 Å². The number of hydrogen-bond acceptors (Lipinski definition) is 2. The quantitative estimate of drug-likeness (QED) is 0.793. The number of amides is 1. The zero-order chi connectivity index (χ0) is 18.0. The van der Waals surface area contributed by atoms with E-state index in [9.17, 15) is 14.0 Å². The van der Waals surface area contributed by atoms with Gasteiger partial charge in [0.2, 0.25) is 5.91 Å². The fourth-order valence-electron chi connectivity index (χ4n) is 2.84. The van der Waals surface area contributed by atoms with E-state index in [1.807, 2.05) is 32.0 Å². The highest BCUT2D eigenvalue weighted by molar-refractivity contribution is 5.82. The molecule has 1 heterocycles. The van der Waals surface area contributed by atoms with Crippen LogP contribution in [0, 0.1) is 12.7 Å². The summed E-state index contributed by atoms with van der Waals surface area (Å²) in [5.74, 6) is -0.486. The van der Waals surface area contributed by atoms with Gasteiger partial charge in [0, 0.05) is 17.6 Å². The minimum absolute atomic E-state index is 0.0601. The monoisotopic (exact) mass is 338 g/mol. The maximum atomic E-state index is 13.0. The maximum absolute atomic E-state index is 13.0. The molecule has 0 saturated heterocycles. The Bertz CT molecular complexity index is 977. The Kier molecular flexibility index (Phi) is 4.65. The highest BCUT2D eigenvalue weighted by Crippen LogP contribution is 2.14. The maximum Gasteiger partial charge on any atom is 0.240 e. The molecule has 0 saturated carbocycles. The molecule has 1 atom stereocenters. The van der Waals surface area contributed by atoms with Gasteiger partial charge in [0.05, 0.1) is 11.6 Å². The zero-order valence-electron chi connectivity index (χ0n) is 14.1. The van der Waals surface area contributed by atoms with E-state index in [1.165, 1.54) is 18.2 Å². The van der Waals surface area contributed by atoms with Crippen LogP contribution >= 0.6 is 0 Å². The predicted molar refractivity (Wildman–Crippen MR) is 95.9 cm³/mol. The van der Waals surface area contributed by atoms with Gasteiger partial charge in [0.1, 0.15) is 12.4 Å². The number of nitrogens with zero attached hydrogens (tertiary/aromatic N) is 1. The van der Waals surface area contributed by atoms with Crippen LogP contribution in [-0.4, -0.2) is 10.5 Å². The fraction of sp³-hybridized carbons (Fsp3) is 0.200. The third-order valence-corrected chi connectivity index (χ3v) is 4.19. The number of nitrogens with one attached hydrogen (secondary N) is 1. The van der Waals surface area contributed by atoms with E-state index in [1.54, 1.807) is 22.9 Å². The van der Waals surface area contributed by atoms with E-state index in [2.05, 4.69) is 5.32 Å². The smallest absolute Gasteiger partial charge is 0.240 e. The summed E-state index contributed by atoms with van der Waals surface area (Å²) >= 11 is 0. The van der Waals surface area contributed by atoms with Gasteiger partial charge in [-0.05, 0) is 43.7 Å². The molecular weight excluding hydrogens is 319 g/mol. The lowest BCUT2D eigenvalue weighted by Gasteiger charge is -2.16. The molecule has 0 spiro atoms. The SMILES string of the molecule is Cc1ccc2c(c1)c(=O)ccn2CC(=O)N[C@H](C)c1ccc(F)cc1. The van der Waals surface area contributed by atoms with Gasteiger partial charge in [0.15, 0.2) is 5.43 Å². The molecule has 3 rings (SSSR count). The van der Waals surface area contributed by atoms with Crippen molar-refractivity contribution in [3.05, 3.63) is 81.9 Å². The predicted octanol–water partition coefficient (Wildman–Crippen LogP) is 3.33. The number of carbonyl (C=O) groups excluding carboxylic acids is 1. The summed E-state index contributed by atoms with van der Waals surface area (Å²) in [5.41, 5.74) is 2.49. The van der Waals surface area contributed by atoms with E-state index in [0.717, 1.165) is 16.6 Å². The van der Waals surface area contributed by atoms with Crippen LogP contribution < -0.4 is 10.7 Å². The fourth-order valence-corrected chi connectivity index (χ4v) is 2.84. The van der Waals surface area contributed by atoms with Gasteiger partial charge in [0.25, 0.3) is 0 Å². The Morgan fingerprint density at radius 2 is 1.88 bits per heavy atom. The van der Waals surface area contributed by atoms with Gasteiger partial charge in [-0.25, -0.2) is 4.39 Å². The Balaban J connectivity index is 1.79. The number of aryl methyl sites for hydroxylation is 1. The molecule has 0 unspecified atom stereocenters. The average molecular weight is 338 g/mol. The highest BCUT2D eigenvalue weighted by atomic mass is 19.1. The molecule has 0 radical (unpaired) electrons. The second kappa shape index (κ2) is 6.89. The number of pyridine rings is 1. The van der Waals surface area contributed by atoms with Crippen molar-refractivity contribution in [3.63, 3.8) is 0 Å². The number of fused-ring (bicyclic) bond motifs is 1. The van der Waals surface area contributed by atoms with Crippen molar-refractivity contribution in [2.75, 3.05) is 0 Å².